The average molecular weight is 424 g/mol. The van der Waals surface area contributed by atoms with Crippen molar-refractivity contribution in [3.63, 3.8) is 0 Å². The van der Waals surface area contributed by atoms with Gasteiger partial charge in [0.1, 0.15) is 0 Å². The highest BCUT2D eigenvalue weighted by Crippen LogP contribution is 2.08. The highest BCUT2D eigenvalue weighted by molar-refractivity contribution is 14.3. The van der Waals surface area contributed by atoms with Gasteiger partial charge < -0.3 is 0 Å². The van der Waals surface area contributed by atoms with Crippen molar-refractivity contribution < 1.29 is 8.42 Å². The van der Waals surface area contributed by atoms with Gasteiger partial charge in [-0.3, -0.25) is 0 Å². The van der Waals surface area contributed by atoms with Gasteiger partial charge in [0.2, 0.25) is 0 Å². The third-order valence-corrected chi connectivity index (χ3v) is 1.17. The van der Waals surface area contributed by atoms with E-state index in [-0.39, 0.29) is 0 Å². The summed E-state index contributed by atoms with van der Waals surface area (Å²) in [4.78, 5) is 0. The van der Waals surface area contributed by atoms with Crippen LogP contribution >= 0.6 is 42.4 Å². The van der Waals surface area contributed by atoms with Crippen LogP contribution in [0, 0.1) is 13.8 Å². The fourth-order valence-electron chi connectivity index (χ4n) is 0.807. The number of hydrogen-bond donors (Lipinski definition) is 0. The zero-order chi connectivity index (χ0) is 10.5. The molecule has 5 heteroatoms. The van der Waals surface area contributed by atoms with Crippen LogP contribution in [0.5, 0.6) is 0 Å². The largest absolute Gasteiger partial charge is 0.255 e. The molecule has 0 amide bonds. The van der Waals surface area contributed by atoms with E-state index in [1.807, 2.05) is 0 Å². The molecule has 0 radical (unpaired) electrons. The smallest absolute Gasteiger partial charge is 0.208 e. The van der Waals surface area contributed by atoms with Gasteiger partial charge in [-0.2, -0.15) is 0 Å². The van der Waals surface area contributed by atoms with E-state index in [0.717, 1.165) is 0 Å². The van der Waals surface area contributed by atoms with Crippen LogP contribution in [0.15, 0.2) is 24.3 Å². The molecule has 74 valence electrons. The molecule has 0 aromatic heterocycles. The van der Waals surface area contributed by atoms with Crippen LogP contribution in [-0.2, 0) is 4.18 Å². The van der Waals surface area contributed by atoms with Gasteiger partial charge in [0.05, 0.1) is 42.4 Å². The maximum absolute atomic E-state index is 9.61. The molecule has 1 aromatic carbocycles. The Kier molecular flexibility index (Phi) is 6.48. The third-order valence-electron chi connectivity index (χ3n) is 1.17. The van der Waals surface area contributed by atoms with Crippen LogP contribution in [0.25, 0.3) is 0 Å². The molecule has 0 aliphatic heterocycles. The molecule has 0 bridgehead atoms. The Morgan fingerprint density at radius 2 is 1.38 bits per heavy atom. The topological polar surface area (TPSA) is 34.1 Å². The van der Waals surface area contributed by atoms with Gasteiger partial charge in [0, 0.05) is 0 Å². The number of benzene rings is 1. The molecule has 1 aromatic rings. The quantitative estimate of drug-likeness (QED) is 0.473. The fourth-order valence-corrected chi connectivity index (χ4v) is 0.807. The van der Waals surface area contributed by atoms with Crippen molar-refractivity contribution in [2.75, 3.05) is 0 Å². The molecule has 0 aliphatic rings. The Bertz CT molecular complexity index is 335. The summed E-state index contributed by atoms with van der Waals surface area (Å²) in [6, 6.07) is 8.45. The predicted molar refractivity (Wildman–Crippen MR) is 72.9 cm³/mol. The van der Waals surface area contributed by atoms with Crippen LogP contribution in [0.4, 0.5) is 0 Å². The zero-order valence-electron chi connectivity index (χ0n) is 7.29. The van der Waals surface area contributed by atoms with E-state index in [9.17, 15) is 8.42 Å². The lowest BCUT2D eigenvalue weighted by atomic mass is 10.2. The van der Waals surface area contributed by atoms with Gasteiger partial charge in [0.25, 0.3) is 4.18 Å². The molecular formula is C8H10I2O2S. The lowest BCUT2D eigenvalue weighted by Crippen LogP contribution is -1.71. The average Bonchev–Trinajstić information content (AvgIpc) is 1.81. The molecule has 0 saturated carbocycles. The minimum absolute atomic E-state index is 1.34. The van der Waals surface area contributed by atoms with E-state index < -0.39 is 4.18 Å². The molecule has 0 heterocycles. The molecule has 1 rings (SSSR count). The standard InChI is InChI=1S/C8H10.I2O2S/c1-7-4-3-5-8(2)6-7;1-5(2,3)4/h3-6H,1-2H3;. The molecular weight excluding hydrogens is 414 g/mol. The van der Waals surface area contributed by atoms with Gasteiger partial charge in [-0.05, 0) is 13.8 Å². The SMILES string of the molecule is Cc1cccc(C)c1.O=S(=O)(I)I. The van der Waals surface area contributed by atoms with Gasteiger partial charge >= 0.3 is 0 Å². The highest BCUT2D eigenvalue weighted by atomic mass is 127. The minimum atomic E-state index is -2.73. The molecule has 0 saturated heterocycles. The van der Waals surface area contributed by atoms with E-state index in [1.165, 1.54) is 53.5 Å². The first-order chi connectivity index (χ1) is 5.79. The second kappa shape index (κ2) is 6.18. The van der Waals surface area contributed by atoms with Crippen molar-refractivity contribution in [3.05, 3.63) is 35.4 Å². The number of hydrogen-bond acceptors (Lipinski definition) is 2. The summed E-state index contributed by atoms with van der Waals surface area (Å²) in [6.45, 7) is 4.21. The molecule has 13 heavy (non-hydrogen) atoms. The maximum atomic E-state index is 9.61. The summed E-state index contributed by atoms with van der Waals surface area (Å²) in [6.07, 6.45) is 0. The first-order valence-electron chi connectivity index (χ1n) is 3.46. The number of halogens is 2. The molecule has 0 spiro atoms. The second-order valence-corrected chi connectivity index (χ2v) is 15.3. The predicted octanol–water partition coefficient (Wildman–Crippen LogP) is 3.40. The van der Waals surface area contributed by atoms with Crippen molar-refractivity contribution in [3.8, 4) is 0 Å². The van der Waals surface area contributed by atoms with Gasteiger partial charge in [-0.25, -0.2) is 8.42 Å². The van der Waals surface area contributed by atoms with E-state index in [0.29, 0.717) is 0 Å². The van der Waals surface area contributed by atoms with E-state index >= 15 is 0 Å². The van der Waals surface area contributed by atoms with Crippen LogP contribution in [0.2, 0.25) is 0 Å². The minimum Gasteiger partial charge on any atom is -0.208 e. The first kappa shape index (κ1) is 13.6. The molecule has 0 N–H and O–H groups in total. The van der Waals surface area contributed by atoms with Gasteiger partial charge in [-0.1, -0.05) is 35.4 Å². The normalized spacial score (nSPS) is 10.2. The van der Waals surface area contributed by atoms with Crippen LogP contribution in [0.1, 0.15) is 11.1 Å². The van der Waals surface area contributed by atoms with Crippen LogP contribution < -0.4 is 0 Å². The van der Waals surface area contributed by atoms with Crippen LogP contribution in [-0.4, -0.2) is 8.42 Å². The monoisotopic (exact) mass is 424 g/mol. The Labute approximate surface area is 103 Å². The van der Waals surface area contributed by atoms with Crippen molar-refractivity contribution in [1.29, 1.82) is 0 Å². The lowest BCUT2D eigenvalue weighted by molar-refractivity contribution is 0.627. The Morgan fingerprint density at radius 3 is 1.54 bits per heavy atom. The van der Waals surface area contributed by atoms with Crippen molar-refractivity contribution >= 4 is 46.6 Å². The van der Waals surface area contributed by atoms with E-state index in [2.05, 4.69) is 38.1 Å². The highest BCUT2D eigenvalue weighted by Gasteiger charge is 1.86. The molecule has 2 nitrogen and oxygen atoms in total. The van der Waals surface area contributed by atoms with Crippen LogP contribution in [0.3, 0.4) is 0 Å². The number of rotatable bonds is 0. The number of aryl methyl sites for hydroxylation is 2. The fraction of sp³-hybridized carbons (Fsp3) is 0.250. The van der Waals surface area contributed by atoms with Gasteiger partial charge in [0.15, 0.2) is 0 Å². The molecule has 0 fully saturated rings. The zero-order valence-corrected chi connectivity index (χ0v) is 12.4. The molecule has 0 unspecified atom stereocenters. The summed E-state index contributed by atoms with van der Waals surface area (Å²) >= 11 is 2.67. The summed E-state index contributed by atoms with van der Waals surface area (Å²) in [5.41, 5.74) is 2.68. The Balaban J connectivity index is 0.000000252. The van der Waals surface area contributed by atoms with Gasteiger partial charge in [-0.15, -0.1) is 0 Å². The third kappa shape index (κ3) is 12.6. The molecule has 0 atom stereocenters. The van der Waals surface area contributed by atoms with Crippen molar-refractivity contribution in [1.82, 2.24) is 0 Å². The lowest BCUT2D eigenvalue weighted by Gasteiger charge is -1.90. The summed E-state index contributed by atoms with van der Waals surface area (Å²) in [7, 11) is 0. The maximum Gasteiger partial charge on any atom is 0.255 e. The Morgan fingerprint density at radius 1 is 1.08 bits per heavy atom. The second-order valence-electron chi connectivity index (χ2n) is 2.54. The summed E-state index contributed by atoms with van der Waals surface area (Å²) in [5, 5.41) is 0. The van der Waals surface area contributed by atoms with E-state index in [4.69, 9.17) is 0 Å². The summed E-state index contributed by atoms with van der Waals surface area (Å²) < 4.78 is 16.5. The first-order valence-corrected chi connectivity index (χ1v) is 10.0. The molecule has 0 aliphatic carbocycles. The van der Waals surface area contributed by atoms with Crippen molar-refractivity contribution in [2.24, 2.45) is 0 Å². The van der Waals surface area contributed by atoms with E-state index in [1.54, 1.807) is 0 Å². The van der Waals surface area contributed by atoms with Crippen molar-refractivity contribution in [2.45, 2.75) is 13.8 Å². The Hall–Kier alpha value is 0.630. The summed E-state index contributed by atoms with van der Waals surface area (Å²) in [5.74, 6) is 0.